The Morgan fingerprint density at radius 3 is 2.58 bits per heavy atom. The largest absolute Gasteiger partial charge is 0.484 e. The van der Waals surface area contributed by atoms with Crippen LogP contribution in [0.1, 0.15) is 18.9 Å². The van der Waals surface area contributed by atoms with Crippen LogP contribution in [0.2, 0.25) is 0 Å². The molecule has 1 aliphatic carbocycles. The van der Waals surface area contributed by atoms with E-state index in [1.165, 1.54) is 6.42 Å². The first-order valence-electron chi connectivity index (χ1n) is 6.76. The molecule has 0 spiro atoms. The lowest BCUT2D eigenvalue weighted by molar-refractivity contribution is -0.132. The summed E-state index contributed by atoms with van der Waals surface area (Å²) in [5.74, 6) is 2.18. The van der Waals surface area contributed by atoms with Crippen LogP contribution in [0.15, 0.2) is 24.3 Å². The molecule has 0 radical (unpaired) electrons. The molecule has 2 unspecified atom stereocenters. The van der Waals surface area contributed by atoms with Crippen LogP contribution in [-0.2, 0) is 11.3 Å². The maximum atomic E-state index is 11.9. The Bertz CT molecular complexity index is 430. The standard InChI is InChI=1S/C15H22N2O2/c1-11-7-13(11)9-17(2)15(18)10-19-14-5-3-12(8-16)4-6-14/h3-6,11,13H,7-10,16H2,1-2H3. The van der Waals surface area contributed by atoms with Gasteiger partial charge in [0.05, 0.1) is 0 Å². The van der Waals surface area contributed by atoms with Crippen LogP contribution in [0.25, 0.3) is 0 Å². The molecule has 2 rings (SSSR count). The van der Waals surface area contributed by atoms with Gasteiger partial charge in [0.2, 0.25) is 0 Å². The lowest BCUT2D eigenvalue weighted by atomic mass is 10.2. The summed E-state index contributed by atoms with van der Waals surface area (Å²) < 4.78 is 5.49. The highest BCUT2D eigenvalue weighted by atomic mass is 16.5. The molecule has 0 aliphatic heterocycles. The van der Waals surface area contributed by atoms with E-state index in [-0.39, 0.29) is 12.5 Å². The number of carbonyl (C=O) groups excluding carboxylic acids is 1. The Morgan fingerprint density at radius 2 is 2.05 bits per heavy atom. The maximum Gasteiger partial charge on any atom is 0.260 e. The van der Waals surface area contributed by atoms with Crippen molar-refractivity contribution in [3.63, 3.8) is 0 Å². The van der Waals surface area contributed by atoms with E-state index in [9.17, 15) is 4.79 Å². The Hall–Kier alpha value is -1.55. The second-order valence-electron chi connectivity index (χ2n) is 5.38. The molecule has 2 N–H and O–H groups in total. The summed E-state index contributed by atoms with van der Waals surface area (Å²) in [5.41, 5.74) is 6.58. The number of rotatable bonds is 6. The molecule has 4 nitrogen and oxygen atoms in total. The fraction of sp³-hybridized carbons (Fsp3) is 0.533. The first-order chi connectivity index (χ1) is 9.10. The van der Waals surface area contributed by atoms with Crippen LogP contribution in [-0.4, -0.2) is 31.0 Å². The average molecular weight is 262 g/mol. The van der Waals surface area contributed by atoms with Crippen molar-refractivity contribution in [3.8, 4) is 5.75 Å². The summed E-state index contributed by atoms with van der Waals surface area (Å²) in [6, 6.07) is 7.52. The molecule has 1 saturated carbocycles. The predicted molar refractivity (Wildman–Crippen MR) is 74.7 cm³/mol. The molecule has 0 heterocycles. The van der Waals surface area contributed by atoms with Gasteiger partial charge in [0.1, 0.15) is 5.75 Å². The van der Waals surface area contributed by atoms with Gasteiger partial charge in [-0.3, -0.25) is 4.79 Å². The van der Waals surface area contributed by atoms with E-state index in [0.717, 1.165) is 18.0 Å². The Morgan fingerprint density at radius 1 is 1.42 bits per heavy atom. The van der Waals surface area contributed by atoms with Crippen molar-refractivity contribution in [2.75, 3.05) is 20.2 Å². The van der Waals surface area contributed by atoms with Gasteiger partial charge >= 0.3 is 0 Å². The minimum atomic E-state index is 0.0296. The zero-order valence-electron chi connectivity index (χ0n) is 11.6. The van der Waals surface area contributed by atoms with Crippen molar-refractivity contribution in [3.05, 3.63) is 29.8 Å². The molecule has 1 aromatic carbocycles. The molecule has 0 saturated heterocycles. The van der Waals surface area contributed by atoms with Crippen LogP contribution in [0, 0.1) is 11.8 Å². The van der Waals surface area contributed by atoms with Gasteiger partial charge in [-0.05, 0) is 36.0 Å². The molecule has 1 amide bonds. The number of ether oxygens (including phenoxy) is 1. The molecule has 104 valence electrons. The van der Waals surface area contributed by atoms with Gasteiger partial charge in [-0.25, -0.2) is 0 Å². The van der Waals surface area contributed by atoms with Crippen molar-refractivity contribution >= 4 is 5.91 Å². The third-order valence-corrected chi connectivity index (χ3v) is 3.73. The number of likely N-dealkylation sites (N-methyl/N-ethyl adjacent to an activating group) is 1. The lowest BCUT2D eigenvalue weighted by Gasteiger charge is -2.17. The Balaban J connectivity index is 1.75. The number of nitrogens with two attached hydrogens (primary N) is 1. The number of hydrogen-bond acceptors (Lipinski definition) is 3. The molecule has 1 fully saturated rings. The second-order valence-corrected chi connectivity index (χ2v) is 5.38. The van der Waals surface area contributed by atoms with Gasteiger partial charge in [-0.15, -0.1) is 0 Å². The molecule has 1 aliphatic rings. The number of amides is 1. The van der Waals surface area contributed by atoms with Gasteiger partial charge in [-0.2, -0.15) is 0 Å². The van der Waals surface area contributed by atoms with E-state index < -0.39 is 0 Å². The fourth-order valence-electron chi connectivity index (χ4n) is 2.08. The maximum absolute atomic E-state index is 11.9. The summed E-state index contributed by atoms with van der Waals surface area (Å²) >= 11 is 0. The van der Waals surface area contributed by atoms with Crippen molar-refractivity contribution in [2.24, 2.45) is 17.6 Å². The monoisotopic (exact) mass is 262 g/mol. The Kier molecular flexibility index (Phi) is 4.43. The van der Waals surface area contributed by atoms with E-state index >= 15 is 0 Å². The molecular formula is C15H22N2O2. The highest BCUT2D eigenvalue weighted by Crippen LogP contribution is 2.37. The molecule has 0 bridgehead atoms. The number of benzene rings is 1. The Labute approximate surface area is 114 Å². The molecule has 2 atom stereocenters. The highest BCUT2D eigenvalue weighted by Gasteiger charge is 2.34. The average Bonchev–Trinajstić information content (AvgIpc) is 3.11. The van der Waals surface area contributed by atoms with E-state index in [2.05, 4.69) is 6.92 Å². The first kappa shape index (κ1) is 13.9. The summed E-state index contributed by atoms with van der Waals surface area (Å²) in [7, 11) is 1.84. The lowest BCUT2D eigenvalue weighted by Crippen LogP contribution is -2.33. The topological polar surface area (TPSA) is 55.6 Å². The zero-order valence-corrected chi connectivity index (χ0v) is 11.6. The smallest absolute Gasteiger partial charge is 0.260 e. The van der Waals surface area contributed by atoms with Crippen molar-refractivity contribution in [1.29, 1.82) is 0 Å². The first-order valence-corrected chi connectivity index (χ1v) is 6.76. The van der Waals surface area contributed by atoms with Crippen molar-refractivity contribution in [1.82, 2.24) is 4.90 Å². The zero-order chi connectivity index (χ0) is 13.8. The minimum absolute atomic E-state index is 0.0296. The van der Waals surface area contributed by atoms with Gasteiger partial charge < -0.3 is 15.4 Å². The SMILES string of the molecule is CC1CC1CN(C)C(=O)COc1ccc(CN)cc1. The normalized spacial score (nSPS) is 21.0. The van der Waals surface area contributed by atoms with E-state index in [1.54, 1.807) is 4.90 Å². The second kappa shape index (κ2) is 6.06. The van der Waals surface area contributed by atoms with E-state index in [4.69, 9.17) is 10.5 Å². The number of hydrogen-bond donors (Lipinski definition) is 1. The molecule has 1 aromatic rings. The fourth-order valence-corrected chi connectivity index (χ4v) is 2.08. The van der Waals surface area contributed by atoms with E-state index in [0.29, 0.717) is 18.2 Å². The predicted octanol–water partition coefficient (Wildman–Crippen LogP) is 1.64. The van der Waals surface area contributed by atoms with Crippen molar-refractivity contribution in [2.45, 2.75) is 19.9 Å². The van der Waals surface area contributed by atoms with Crippen LogP contribution >= 0.6 is 0 Å². The van der Waals surface area contributed by atoms with Gasteiger partial charge in [0, 0.05) is 20.1 Å². The summed E-state index contributed by atoms with van der Waals surface area (Å²) in [6.07, 6.45) is 1.24. The van der Waals surface area contributed by atoms with Gasteiger partial charge in [-0.1, -0.05) is 19.1 Å². The summed E-state index contributed by atoms with van der Waals surface area (Å²) in [5, 5.41) is 0. The quantitative estimate of drug-likeness (QED) is 0.848. The third kappa shape index (κ3) is 3.96. The summed E-state index contributed by atoms with van der Waals surface area (Å²) in [6.45, 7) is 3.68. The summed E-state index contributed by atoms with van der Waals surface area (Å²) in [4.78, 5) is 13.7. The number of nitrogens with zero attached hydrogens (tertiary/aromatic N) is 1. The van der Waals surface area contributed by atoms with Crippen LogP contribution in [0.4, 0.5) is 0 Å². The minimum Gasteiger partial charge on any atom is -0.484 e. The molecule has 4 heteroatoms. The van der Waals surface area contributed by atoms with Gasteiger partial charge in [0.25, 0.3) is 5.91 Å². The molecule has 0 aromatic heterocycles. The van der Waals surface area contributed by atoms with Gasteiger partial charge in [0.15, 0.2) is 6.61 Å². The highest BCUT2D eigenvalue weighted by molar-refractivity contribution is 5.77. The van der Waals surface area contributed by atoms with Crippen molar-refractivity contribution < 1.29 is 9.53 Å². The third-order valence-electron chi connectivity index (χ3n) is 3.73. The van der Waals surface area contributed by atoms with Crippen LogP contribution in [0.3, 0.4) is 0 Å². The van der Waals surface area contributed by atoms with Crippen LogP contribution < -0.4 is 10.5 Å². The van der Waals surface area contributed by atoms with E-state index in [1.807, 2.05) is 31.3 Å². The molecular weight excluding hydrogens is 240 g/mol. The molecule has 19 heavy (non-hydrogen) atoms. The van der Waals surface area contributed by atoms with Crippen LogP contribution in [0.5, 0.6) is 5.75 Å². The number of carbonyl (C=O) groups is 1.